The summed E-state index contributed by atoms with van der Waals surface area (Å²) >= 11 is 3.04. The van der Waals surface area contributed by atoms with Gasteiger partial charge in [0.05, 0.1) is 16.6 Å². The van der Waals surface area contributed by atoms with Gasteiger partial charge in [0.15, 0.2) is 0 Å². The van der Waals surface area contributed by atoms with Gasteiger partial charge in [0.2, 0.25) is 0 Å². The number of nitrogens with one attached hydrogen (secondary N) is 1. The van der Waals surface area contributed by atoms with Crippen LogP contribution in [0.1, 0.15) is 18.4 Å². The van der Waals surface area contributed by atoms with Gasteiger partial charge in [0.25, 0.3) is 0 Å². The second-order valence-corrected chi connectivity index (χ2v) is 5.38. The Morgan fingerprint density at radius 2 is 2.22 bits per heavy atom. The van der Waals surface area contributed by atoms with Crippen molar-refractivity contribution in [3.8, 4) is 0 Å². The van der Waals surface area contributed by atoms with Crippen LogP contribution >= 0.6 is 15.9 Å². The first-order chi connectivity index (χ1) is 8.68. The monoisotopic (exact) mass is 319 g/mol. The lowest BCUT2D eigenvalue weighted by Crippen LogP contribution is -2.11. The van der Waals surface area contributed by atoms with Gasteiger partial charge in [-0.3, -0.25) is 0 Å². The fraction of sp³-hybridized carbons (Fsp3) is 0.538. The van der Waals surface area contributed by atoms with Gasteiger partial charge in [-0.2, -0.15) is 0 Å². The molecular weight excluding hydrogens is 304 g/mol. The Morgan fingerprint density at radius 3 is 2.94 bits per heavy atom. The molecule has 1 aromatic rings. The molecule has 1 atom stereocenters. The normalized spacial score (nSPS) is 19.4. The molecule has 0 radical (unpaired) electrons. The highest BCUT2D eigenvalue weighted by molar-refractivity contribution is 9.10. The molecule has 0 bridgehead atoms. The van der Waals surface area contributed by atoms with Crippen molar-refractivity contribution in [2.24, 2.45) is 5.92 Å². The molecule has 0 amide bonds. The van der Waals surface area contributed by atoms with Gasteiger partial charge in [-0.15, -0.1) is 0 Å². The third kappa shape index (κ3) is 3.49. The lowest BCUT2D eigenvalue weighted by Gasteiger charge is -2.10. The highest BCUT2D eigenvalue weighted by Crippen LogP contribution is 2.22. The Bertz CT molecular complexity index is 408. The highest BCUT2D eigenvalue weighted by Gasteiger charge is 2.15. The molecule has 1 aromatic carbocycles. The van der Waals surface area contributed by atoms with Crippen LogP contribution in [0.15, 0.2) is 16.6 Å². The molecule has 1 aliphatic heterocycles. The van der Waals surface area contributed by atoms with Crippen LogP contribution < -0.4 is 5.32 Å². The molecule has 1 unspecified atom stereocenters. The van der Waals surface area contributed by atoms with Crippen molar-refractivity contribution < 1.29 is 13.5 Å². The molecule has 1 heterocycles. The summed E-state index contributed by atoms with van der Waals surface area (Å²) in [6.07, 6.45) is 2.09. The average Bonchev–Trinajstić information content (AvgIpc) is 2.86. The van der Waals surface area contributed by atoms with E-state index in [0.717, 1.165) is 25.9 Å². The van der Waals surface area contributed by atoms with Crippen LogP contribution in [0.5, 0.6) is 0 Å². The quantitative estimate of drug-likeness (QED) is 0.664. The molecule has 1 aliphatic rings. The van der Waals surface area contributed by atoms with Crippen LogP contribution in [0.3, 0.4) is 0 Å². The van der Waals surface area contributed by atoms with E-state index in [0.29, 0.717) is 12.5 Å². The van der Waals surface area contributed by atoms with Gasteiger partial charge in [-0.1, -0.05) is 0 Å². The second kappa shape index (κ2) is 6.59. The van der Waals surface area contributed by atoms with Gasteiger partial charge in [-0.25, -0.2) is 8.78 Å². The van der Waals surface area contributed by atoms with E-state index in [9.17, 15) is 8.78 Å². The van der Waals surface area contributed by atoms with Crippen molar-refractivity contribution in [2.45, 2.75) is 19.4 Å². The van der Waals surface area contributed by atoms with Crippen molar-refractivity contribution in [2.75, 3.05) is 19.7 Å². The van der Waals surface area contributed by atoms with Crippen molar-refractivity contribution in [1.82, 2.24) is 5.32 Å². The number of hydrogen-bond acceptors (Lipinski definition) is 2. The van der Waals surface area contributed by atoms with Crippen molar-refractivity contribution in [3.05, 3.63) is 33.8 Å². The molecule has 2 rings (SSSR count). The smallest absolute Gasteiger partial charge is 0.145 e. The minimum atomic E-state index is -0.572. The number of ether oxygens (including phenoxy) is 1. The van der Waals surface area contributed by atoms with E-state index in [-0.39, 0.29) is 16.6 Å². The van der Waals surface area contributed by atoms with Crippen LogP contribution in [-0.4, -0.2) is 19.7 Å². The molecule has 2 nitrogen and oxygen atoms in total. The van der Waals surface area contributed by atoms with Gasteiger partial charge in [0.1, 0.15) is 11.6 Å². The number of benzene rings is 1. The molecule has 100 valence electrons. The largest absolute Gasteiger partial charge is 0.377 e. The first kappa shape index (κ1) is 13.9. The van der Waals surface area contributed by atoms with Crippen LogP contribution in [0.2, 0.25) is 0 Å². The van der Waals surface area contributed by atoms with E-state index >= 15 is 0 Å². The first-order valence-corrected chi connectivity index (χ1v) is 6.88. The predicted molar refractivity (Wildman–Crippen MR) is 69.3 cm³/mol. The summed E-state index contributed by atoms with van der Waals surface area (Å²) in [7, 11) is 0. The summed E-state index contributed by atoms with van der Waals surface area (Å²) in [5.41, 5.74) is -0.00563. The lowest BCUT2D eigenvalue weighted by atomic mass is 10.1. The summed E-state index contributed by atoms with van der Waals surface area (Å²) in [5.74, 6) is -0.502. The standard InChI is InChI=1S/C13H16BrF2NO/c14-11-1-2-12(15)10(13(11)16)8-18-6-4-9-3-5-17-7-9/h1-2,9,17H,3-8H2. The van der Waals surface area contributed by atoms with Crippen LogP contribution in [0.25, 0.3) is 0 Å². The molecule has 1 N–H and O–H groups in total. The maximum atomic E-state index is 13.6. The molecule has 0 saturated carbocycles. The zero-order chi connectivity index (χ0) is 13.0. The summed E-state index contributed by atoms with van der Waals surface area (Å²) in [4.78, 5) is 0. The SMILES string of the molecule is Fc1ccc(Br)c(F)c1COCCC1CCNC1. The van der Waals surface area contributed by atoms with Gasteiger partial charge in [-0.05, 0) is 59.9 Å². The molecular formula is C13H16BrF2NO. The minimum absolute atomic E-state index is 0.00563. The second-order valence-electron chi connectivity index (χ2n) is 4.52. The van der Waals surface area contributed by atoms with Gasteiger partial charge < -0.3 is 10.1 Å². The molecule has 1 fully saturated rings. The molecule has 18 heavy (non-hydrogen) atoms. The van der Waals surface area contributed by atoms with Crippen molar-refractivity contribution >= 4 is 15.9 Å². The van der Waals surface area contributed by atoms with Crippen molar-refractivity contribution in [1.29, 1.82) is 0 Å². The molecule has 1 saturated heterocycles. The maximum absolute atomic E-state index is 13.6. The first-order valence-electron chi connectivity index (χ1n) is 6.09. The molecule has 5 heteroatoms. The van der Waals surface area contributed by atoms with E-state index in [1.807, 2.05) is 0 Å². The summed E-state index contributed by atoms with van der Waals surface area (Å²) in [5, 5.41) is 3.27. The summed E-state index contributed by atoms with van der Waals surface area (Å²) < 4.78 is 32.7. The Balaban J connectivity index is 1.80. The summed E-state index contributed by atoms with van der Waals surface area (Å²) in [6, 6.07) is 2.60. The minimum Gasteiger partial charge on any atom is -0.377 e. The Kier molecular flexibility index (Phi) is 5.09. The van der Waals surface area contributed by atoms with Crippen LogP contribution in [-0.2, 0) is 11.3 Å². The van der Waals surface area contributed by atoms with E-state index in [1.54, 1.807) is 0 Å². The number of halogens is 3. The van der Waals surface area contributed by atoms with Gasteiger partial charge >= 0.3 is 0 Å². The molecule has 0 aliphatic carbocycles. The van der Waals surface area contributed by atoms with Crippen LogP contribution in [0.4, 0.5) is 8.78 Å². The zero-order valence-corrected chi connectivity index (χ0v) is 11.6. The van der Waals surface area contributed by atoms with E-state index in [1.165, 1.54) is 12.1 Å². The fourth-order valence-corrected chi connectivity index (χ4v) is 2.46. The van der Waals surface area contributed by atoms with E-state index in [4.69, 9.17) is 4.74 Å². The summed E-state index contributed by atoms with van der Waals surface area (Å²) in [6.45, 7) is 2.59. The Labute approximate surface area is 114 Å². The van der Waals surface area contributed by atoms with E-state index < -0.39 is 11.6 Å². The van der Waals surface area contributed by atoms with Crippen LogP contribution in [0, 0.1) is 17.6 Å². The molecule has 0 spiro atoms. The van der Waals surface area contributed by atoms with Gasteiger partial charge in [0, 0.05) is 6.61 Å². The fourth-order valence-electron chi connectivity index (χ4n) is 2.09. The third-order valence-corrected chi connectivity index (χ3v) is 3.83. The van der Waals surface area contributed by atoms with E-state index in [2.05, 4.69) is 21.2 Å². The topological polar surface area (TPSA) is 21.3 Å². The highest BCUT2D eigenvalue weighted by atomic mass is 79.9. The zero-order valence-electron chi connectivity index (χ0n) is 10.0. The Hall–Kier alpha value is -0.520. The number of rotatable bonds is 5. The molecule has 0 aromatic heterocycles. The Morgan fingerprint density at radius 1 is 1.39 bits per heavy atom. The third-order valence-electron chi connectivity index (χ3n) is 3.22. The predicted octanol–water partition coefficient (Wildman–Crippen LogP) is 3.24. The maximum Gasteiger partial charge on any atom is 0.145 e. The van der Waals surface area contributed by atoms with Crippen molar-refractivity contribution in [3.63, 3.8) is 0 Å². The lowest BCUT2D eigenvalue weighted by molar-refractivity contribution is 0.104. The number of hydrogen-bond donors (Lipinski definition) is 1. The average molecular weight is 320 g/mol.